The number of carbonyl (C=O) groups excluding carboxylic acids is 1. The Kier molecular flexibility index (Phi) is 3.97. The average Bonchev–Trinajstić information content (AvgIpc) is 3.11. The van der Waals surface area contributed by atoms with Crippen molar-refractivity contribution in [2.24, 2.45) is 0 Å². The summed E-state index contributed by atoms with van der Waals surface area (Å²) in [7, 11) is 0. The van der Waals surface area contributed by atoms with Crippen LogP contribution in [0.4, 0.5) is 0 Å². The van der Waals surface area contributed by atoms with E-state index < -0.39 is 0 Å². The quantitative estimate of drug-likeness (QED) is 0.872. The number of hydrogen-bond donors (Lipinski definition) is 2. The lowest BCUT2D eigenvalue weighted by molar-refractivity contribution is -0.121. The molecule has 5 heteroatoms. The highest BCUT2D eigenvalue weighted by molar-refractivity contribution is 5.77. The summed E-state index contributed by atoms with van der Waals surface area (Å²) < 4.78 is 5.47. The van der Waals surface area contributed by atoms with Crippen molar-refractivity contribution in [2.75, 3.05) is 13.2 Å². The fraction of sp³-hybridized carbons (Fsp3) is 0.467. The zero-order valence-electron chi connectivity index (χ0n) is 11.4. The van der Waals surface area contributed by atoms with Crippen molar-refractivity contribution in [3.05, 3.63) is 30.1 Å². The number of rotatable bonds is 5. The molecule has 1 unspecified atom stereocenters. The highest BCUT2D eigenvalue weighted by atomic mass is 16.5. The molecule has 3 rings (SSSR count). The number of nitrogens with one attached hydrogen (secondary N) is 2. The van der Waals surface area contributed by atoms with Gasteiger partial charge >= 0.3 is 0 Å². The average molecular weight is 273 g/mol. The predicted octanol–water partition coefficient (Wildman–Crippen LogP) is 1.79. The molecule has 20 heavy (non-hydrogen) atoms. The van der Waals surface area contributed by atoms with Crippen LogP contribution in [0.5, 0.6) is 0 Å². The molecule has 0 spiro atoms. The Morgan fingerprint density at radius 2 is 2.35 bits per heavy atom. The molecule has 0 saturated carbocycles. The summed E-state index contributed by atoms with van der Waals surface area (Å²) in [6.45, 7) is 1.44. The molecule has 1 aromatic carbocycles. The van der Waals surface area contributed by atoms with Crippen LogP contribution in [0, 0.1) is 0 Å². The van der Waals surface area contributed by atoms with Gasteiger partial charge in [-0.2, -0.15) is 0 Å². The van der Waals surface area contributed by atoms with Gasteiger partial charge in [0.1, 0.15) is 5.82 Å². The summed E-state index contributed by atoms with van der Waals surface area (Å²) in [5.41, 5.74) is 1.96. The molecule has 1 aliphatic heterocycles. The van der Waals surface area contributed by atoms with E-state index in [1.807, 2.05) is 24.3 Å². The van der Waals surface area contributed by atoms with Crippen LogP contribution in [0.1, 0.15) is 25.1 Å². The fourth-order valence-electron chi connectivity index (χ4n) is 2.48. The summed E-state index contributed by atoms with van der Waals surface area (Å²) in [6.07, 6.45) is 3.42. The van der Waals surface area contributed by atoms with E-state index in [0.29, 0.717) is 19.4 Å². The highest BCUT2D eigenvalue weighted by Gasteiger charge is 2.16. The lowest BCUT2D eigenvalue weighted by Gasteiger charge is -2.10. The Balaban J connectivity index is 1.47. The number of aryl methyl sites for hydroxylation is 1. The number of benzene rings is 1. The molecule has 1 saturated heterocycles. The van der Waals surface area contributed by atoms with Gasteiger partial charge in [-0.05, 0) is 25.0 Å². The second-order valence-electron chi connectivity index (χ2n) is 5.14. The molecule has 1 amide bonds. The second-order valence-corrected chi connectivity index (χ2v) is 5.14. The van der Waals surface area contributed by atoms with Crippen molar-refractivity contribution in [3.8, 4) is 0 Å². The topological polar surface area (TPSA) is 67.0 Å². The molecule has 1 aromatic heterocycles. The molecule has 2 N–H and O–H groups in total. The van der Waals surface area contributed by atoms with Gasteiger partial charge in [-0.15, -0.1) is 0 Å². The van der Waals surface area contributed by atoms with Crippen LogP contribution in [0.15, 0.2) is 24.3 Å². The number of imidazole rings is 1. The Morgan fingerprint density at radius 3 is 3.15 bits per heavy atom. The number of H-pyrrole nitrogens is 1. The SMILES string of the molecule is O=C(CCc1nc2ccccc2[nH]1)NCC1CCCO1. The summed E-state index contributed by atoms with van der Waals surface area (Å²) in [5.74, 6) is 0.916. The van der Waals surface area contributed by atoms with Crippen molar-refractivity contribution in [1.29, 1.82) is 0 Å². The Bertz CT molecular complexity index is 555. The van der Waals surface area contributed by atoms with Crippen molar-refractivity contribution < 1.29 is 9.53 Å². The van der Waals surface area contributed by atoms with Crippen molar-refractivity contribution in [1.82, 2.24) is 15.3 Å². The lowest BCUT2D eigenvalue weighted by Crippen LogP contribution is -2.31. The maximum absolute atomic E-state index is 11.8. The molecule has 1 atom stereocenters. The predicted molar refractivity (Wildman–Crippen MR) is 76.4 cm³/mol. The van der Waals surface area contributed by atoms with Gasteiger partial charge in [-0.1, -0.05) is 12.1 Å². The van der Waals surface area contributed by atoms with Gasteiger partial charge in [0.2, 0.25) is 5.91 Å². The van der Waals surface area contributed by atoms with Crippen molar-refractivity contribution >= 4 is 16.9 Å². The Morgan fingerprint density at radius 1 is 1.45 bits per heavy atom. The molecule has 5 nitrogen and oxygen atoms in total. The van der Waals surface area contributed by atoms with E-state index in [4.69, 9.17) is 4.74 Å². The van der Waals surface area contributed by atoms with Crippen LogP contribution in [-0.2, 0) is 16.0 Å². The van der Waals surface area contributed by atoms with Crippen LogP contribution >= 0.6 is 0 Å². The van der Waals surface area contributed by atoms with Crippen LogP contribution in [-0.4, -0.2) is 35.1 Å². The van der Waals surface area contributed by atoms with E-state index in [9.17, 15) is 4.79 Å². The number of ether oxygens (including phenoxy) is 1. The monoisotopic (exact) mass is 273 g/mol. The van der Waals surface area contributed by atoms with E-state index in [2.05, 4.69) is 15.3 Å². The highest BCUT2D eigenvalue weighted by Crippen LogP contribution is 2.12. The minimum atomic E-state index is 0.0564. The number of carbonyl (C=O) groups is 1. The maximum Gasteiger partial charge on any atom is 0.220 e. The minimum Gasteiger partial charge on any atom is -0.376 e. The first-order valence-electron chi connectivity index (χ1n) is 7.13. The molecule has 0 aliphatic carbocycles. The normalized spacial score (nSPS) is 18.5. The van der Waals surface area contributed by atoms with E-state index >= 15 is 0 Å². The van der Waals surface area contributed by atoms with E-state index in [-0.39, 0.29) is 12.0 Å². The standard InChI is InChI=1S/C15H19N3O2/c19-15(16-10-11-4-3-9-20-11)8-7-14-17-12-5-1-2-6-13(12)18-14/h1-2,5-6,11H,3-4,7-10H2,(H,16,19)(H,17,18). The van der Waals surface area contributed by atoms with Gasteiger partial charge in [0.05, 0.1) is 17.1 Å². The number of aromatic amines is 1. The minimum absolute atomic E-state index is 0.0564. The third-order valence-corrected chi connectivity index (χ3v) is 3.58. The number of nitrogens with zero attached hydrogens (tertiary/aromatic N) is 1. The number of amides is 1. The maximum atomic E-state index is 11.8. The summed E-state index contributed by atoms with van der Waals surface area (Å²) >= 11 is 0. The third kappa shape index (κ3) is 3.17. The van der Waals surface area contributed by atoms with Crippen molar-refractivity contribution in [2.45, 2.75) is 31.8 Å². The largest absolute Gasteiger partial charge is 0.376 e. The van der Waals surface area contributed by atoms with Gasteiger partial charge in [-0.3, -0.25) is 4.79 Å². The molecule has 0 bridgehead atoms. The van der Waals surface area contributed by atoms with Crippen LogP contribution in [0.25, 0.3) is 11.0 Å². The summed E-state index contributed by atoms with van der Waals surface area (Å²) in [5, 5.41) is 2.92. The third-order valence-electron chi connectivity index (χ3n) is 3.58. The van der Waals surface area contributed by atoms with Crippen LogP contribution in [0.2, 0.25) is 0 Å². The Hall–Kier alpha value is -1.88. The van der Waals surface area contributed by atoms with Gasteiger partial charge in [0, 0.05) is 26.0 Å². The van der Waals surface area contributed by atoms with Crippen LogP contribution < -0.4 is 5.32 Å². The molecule has 2 heterocycles. The molecular weight excluding hydrogens is 254 g/mol. The van der Waals surface area contributed by atoms with Gasteiger partial charge < -0.3 is 15.0 Å². The van der Waals surface area contributed by atoms with E-state index in [1.54, 1.807) is 0 Å². The first-order valence-corrected chi connectivity index (χ1v) is 7.13. The zero-order valence-corrected chi connectivity index (χ0v) is 11.4. The van der Waals surface area contributed by atoms with E-state index in [0.717, 1.165) is 36.3 Å². The Labute approximate surface area is 117 Å². The van der Waals surface area contributed by atoms with Gasteiger partial charge in [-0.25, -0.2) is 4.98 Å². The molecule has 1 aliphatic rings. The first kappa shape index (κ1) is 13.1. The summed E-state index contributed by atoms with van der Waals surface area (Å²) in [6, 6.07) is 7.88. The number of fused-ring (bicyclic) bond motifs is 1. The smallest absolute Gasteiger partial charge is 0.220 e. The second kappa shape index (κ2) is 6.05. The van der Waals surface area contributed by atoms with Gasteiger partial charge in [0.25, 0.3) is 0 Å². The molecule has 0 radical (unpaired) electrons. The molecule has 106 valence electrons. The fourth-order valence-corrected chi connectivity index (χ4v) is 2.48. The number of aromatic nitrogens is 2. The first-order chi connectivity index (χ1) is 9.81. The molecule has 2 aromatic rings. The number of para-hydroxylation sites is 2. The van der Waals surface area contributed by atoms with E-state index in [1.165, 1.54) is 0 Å². The molecular formula is C15H19N3O2. The van der Waals surface area contributed by atoms with Gasteiger partial charge in [0.15, 0.2) is 0 Å². The zero-order chi connectivity index (χ0) is 13.8. The summed E-state index contributed by atoms with van der Waals surface area (Å²) in [4.78, 5) is 19.5. The lowest BCUT2D eigenvalue weighted by atomic mass is 10.2. The van der Waals surface area contributed by atoms with Crippen molar-refractivity contribution in [3.63, 3.8) is 0 Å². The van der Waals surface area contributed by atoms with Crippen LogP contribution in [0.3, 0.4) is 0 Å². The number of hydrogen-bond acceptors (Lipinski definition) is 3. The molecule has 1 fully saturated rings.